The number of hydrogen-bond acceptors (Lipinski definition) is 0. The number of rotatable bonds is 3. The molecule has 1 nitrogen and oxygen atoms in total. The third kappa shape index (κ3) is 2.77. The van der Waals surface area contributed by atoms with Gasteiger partial charge in [-0.25, -0.2) is 4.57 Å². The van der Waals surface area contributed by atoms with Crippen LogP contribution < -0.4 is 4.57 Å². The van der Waals surface area contributed by atoms with E-state index in [1.165, 1.54) is 22.3 Å². The van der Waals surface area contributed by atoms with E-state index in [2.05, 4.69) is 90.6 Å². The Morgan fingerprint density at radius 2 is 1.40 bits per heavy atom. The Bertz CT molecular complexity index is 684. The molecule has 0 unspecified atom stereocenters. The molecule has 1 heteroatoms. The van der Waals surface area contributed by atoms with E-state index in [4.69, 9.17) is 0 Å². The van der Waals surface area contributed by atoms with Crippen molar-refractivity contribution >= 4 is 0 Å². The van der Waals surface area contributed by atoms with Crippen molar-refractivity contribution in [3.8, 4) is 11.1 Å². The van der Waals surface area contributed by atoms with Crippen molar-refractivity contribution in [2.75, 3.05) is 0 Å². The number of aryl methyl sites for hydroxylation is 1. The summed E-state index contributed by atoms with van der Waals surface area (Å²) in [5.74, 6) is 0. The maximum Gasteiger partial charge on any atom is 0.173 e. The third-order valence-electron chi connectivity index (χ3n) is 3.56. The summed E-state index contributed by atoms with van der Waals surface area (Å²) >= 11 is 0. The maximum absolute atomic E-state index is 2.21. The van der Waals surface area contributed by atoms with Gasteiger partial charge in [0.1, 0.15) is 0 Å². The predicted octanol–water partition coefficient (Wildman–Crippen LogP) is 4.00. The van der Waals surface area contributed by atoms with Gasteiger partial charge < -0.3 is 0 Å². The number of aromatic nitrogens is 1. The zero-order valence-electron chi connectivity index (χ0n) is 11.7. The molecule has 2 aromatic carbocycles. The number of nitrogens with zero attached hydrogens (tertiary/aromatic N) is 1. The largest absolute Gasteiger partial charge is 0.201 e. The monoisotopic (exact) mass is 260 g/mol. The summed E-state index contributed by atoms with van der Waals surface area (Å²) in [6.45, 7) is 3.06. The lowest BCUT2D eigenvalue weighted by Gasteiger charge is -2.04. The standard InChI is InChI=1S/C19H18N/c1-16-7-5-6-10-19(16)18-11-13-20(14-12-18)15-17-8-3-2-4-9-17/h2-14H,15H2,1H3/q+1. The minimum Gasteiger partial charge on any atom is -0.201 e. The van der Waals surface area contributed by atoms with Crippen LogP contribution in [0.4, 0.5) is 0 Å². The fourth-order valence-corrected chi connectivity index (χ4v) is 2.43. The van der Waals surface area contributed by atoms with Gasteiger partial charge in [0.2, 0.25) is 0 Å². The third-order valence-corrected chi connectivity index (χ3v) is 3.56. The highest BCUT2D eigenvalue weighted by molar-refractivity contribution is 5.65. The molecule has 0 aliphatic carbocycles. The summed E-state index contributed by atoms with van der Waals surface area (Å²) in [5, 5.41) is 0. The molecule has 3 rings (SSSR count). The Kier molecular flexibility index (Phi) is 3.60. The van der Waals surface area contributed by atoms with Crippen LogP contribution in [0.5, 0.6) is 0 Å². The van der Waals surface area contributed by atoms with Crippen LogP contribution >= 0.6 is 0 Å². The molecule has 0 aliphatic rings. The summed E-state index contributed by atoms with van der Waals surface area (Å²) in [6.07, 6.45) is 4.30. The second-order valence-corrected chi connectivity index (χ2v) is 5.06. The molecule has 0 N–H and O–H groups in total. The summed E-state index contributed by atoms with van der Waals surface area (Å²) in [6, 6.07) is 23.4. The van der Waals surface area contributed by atoms with Crippen molar-refractivity contribution < 1.29 is 4.57 Å². The van der Waals surface area contributed by atoms with Gasteiger partial charge in [0.25, 0.3) is 0 Å². The molecule has 98 valence electrons. The SMILES string of the molecule is Cc1ccccc1-c1cc[n+](Cc2ccccc2)cc1. The fraction of sp³-hybridized carbons (Fsp3) is 0.105. The Labute approximate surface area is 120 Å². The van der Waals surface area contributed by atoms with Crippen LogP contribution in [0.3, 0.4) is 0 Å². The average molecular weight is 260 g/mol. The van der Waals surface area contributed by atoms with E-state index in [9.17, 15) is 0 Å². The lowest BCUT2D eigenvalue weighted by Crippen LogP contribution is -2.32. The van der Waals surface area contributed by atoms with Gasteiger partial charge in [-0.2, -0.15) is 0 Å². The molecule has 0 fully saturated rings. The van der Waals surface area contributed by atoms with Gasteiger partial charge in [-0.1, -0.05) is 54.6 Å². The lowest BCUT2D eigenvalue weighted by molar-refractivity contribution is -0.688. The first kappa shape index (κ1) is 12.6. The van der Waals surface area contributed by atoms with E-state index >= 15 is 0 Å². The van der Waals surface area contributed by atoms with E-state index in [-0.39, 0.29) is 0 Å². The highest BCUT2D eigenvalue weighted by atomic mass is 14.9. The Morgan fingerprint density at radius 1 is 0.750 bits per heavy atom. The van der Waals surface area contributed by atoms with Crippen LogP contribution in [0.25, 0.3) is 11.1 Å². The molecular formula is C19H18N+. The molecule has 20 heavy (non-hydrogen) atoms. The zero-order chi connectivity index (χ0) is 13.8. The first-order chi connectivity index (χ1) is 9.83. The molecule has 0 saturated carbocycles. The van der Waals surface area contributed by atoms with Crippen molar-refractivity contribution in [3.05, 3.63) is 90.3 Å². The van der Waals surface area contributed by atoms with Crippen molar-refractivity contribution in [1.82, 2.24) is 0 Å². The van der Waals surface area contributed by atoms with E-state index in [0.717, 1.165) is 6.54 Å². The lowest BCUT2D eigenvalue weighted by atomic mass is 10.0. The summed E-state index contributed by atoms with van der Waals surface area (Å²) < 4.78 is 2.21. The van der Waals surface area contributed by atoms with Gasteiger partial charge in [0.15, 0.2) is 18.9 Å². The van der Waals surface area contributed by atoms with Gasteiger partial charge in [0.05, 0.1) is 0 Å². The smallest absolute Gasteiger partial charge is 0.173 e. The van der Waals surface area contributed by atoms with Crippen LogP contribution in [0, 0.1) is 6.92 Å². The van der Waals surface area contributed by atoms with Crippen molar-refractivity contribution in [2.45, 2.75) is 13.5 Å². The van der Waals surface area contributed by atoms with Crippen LogP contribution in [0.15, 0.2) is 79.1 Å². The summed E-state index contributed by atoms with van der Waals surface area (Å²) in [5.41, 5.74) is 5.21. The minimum absolute atomic E-state index is 0.912. The molecule has 0 atom stereocenters. The van der Waals surface area contributed by atoms with Crippen molar-refractivity contribution in [2.24, 2.45) is 0 Å². The zero-order valence-corrected chi connectivity index (χ0v) is 11.7. The van der Waals surface area contributed by atoms with Gasteiger partial charge in [0, 0.05) is 17.7 Å². The van der Waals surface area contributed by atoms with E-state index in [0.29, 0.717) is 0 Å². The van der Waals surface area contributed by atoms with Gasteiger partial charge in [-0.05, 0) is 23.6 Å². The molecule has 0 bridgehead atoms. The molecule has 1 aromatic heterocycles. The minimum atomic E-state index is 0.912. The van der Waals surface area contributed by atoms with Crippen molar-refractivity contribution in [1.29, 1.82) is 0 Å². The molecule has 0 amide bonds. The van der Waals surface area contributed by atoms with Crippen LogP contribution in [-0.4, -0.2) is 0 Å². The van der Waals surface area contributed by atoms with Crippen LogP contribution in [-0.2, 0) is 6.54 Å². The topological polar surface area (TPSA) is 3.88 Å². The Hall–Kier alpha value is -2.41. The molecule has 3 aromatic rings. The molecular weight excluding hydrogens is 242 g/mol. The second-order valence-electron chi connectivity index (χ2n) is 5.06. The van der Waals surface area contributed by atoms with Crippen LogP contribution in [0.2, 0.25) is 0 Å². The van der Waals surface area contributed by atoms with Gasteiger partial charge in [-0.15, -0.1) is 0 Å². The number of pyridine rings is 1. The Balaban J connectivity index is 1.83. The van der Waals surface area contributed by atoms with Crippen LogP contribution in [0.1, 0.15) is 11.1 Å². The molecule has 0 spiro atoms. The normalized spacial score (nSPS) is 10.4. The van der Waals surface area contributed by atoms with E-state index < -0.39 is 0 Å². The van der Waals surface area contributed by atoms with E-state index in [1.54, 1.807) is 0 Å². The van der Waals surface area contributed by atoms with Gasteiger partial charge >= 0.3 is 0 Å². The molecule has 0 radical (unpaired) electrons. The highest BCUT2D eigenvalue weighted by Crippen LogP contribution is 2.21. The molecule has 1 heterocycles. The fourth-order valence-electron chi connectivity index (χ4n) is 2.43. The highest BCUT2D eigenvalue weighted by Gasteiger charge is 2.05. The maximum atomic E-state index is 2.21. The first-order valence-corrected chi connectivity index (χ1v) is 6.92. The quantitative estimate of drug-likeness (QED) is 0.627. The number of hydrogen-bond donors (Lipinski definition) is 0. The predicted molar refractivity (Wildman–Crippen MR) is 82.4 cm³/mol. The summed E-state index contributed by atoms with van der Waals surface area (Å²) in [7, 11) is 0. The van der Waals surface area contributed by atoms with Crippen molar-refractivity contribution in [3.63, 3.8) is 0 Å². The molecule has 0 aliphatic heterocycles. The van der Waals surface area contributed by atoms with Gasteiger partial charge in [-0.3, -0.25) is 0 Å². The average Bonchev–Trinajstić information content (AvgIpc) is 2.50. The Morgan fingerprint density at radius 3 is 2.10 bits per heavy atom. The summed E-state index contributed by atoms with van der Waals surface area (Å²) in [4.78, 5) is 0. The second kappa shape index (κ2) is 5.70. The first-order valence-electron chi connectivity index (χ1n) is 6.92. The molecule has 0 saturated heterocycles. The van der Waals surface area contributed by atoms with E-state index in [1.807, 2.05) is 0 Å². The number of benzene rings is 2.